The van der Waals surface area contributed by atoms with E-state index >= 15 is 0 Å². The Bertz CT molecular complexity index is 153. The second-order valence-corrected chi connectivity index (χ2v) is 4.60. The molecule has 4 nitrogen and oxygen atoms in total. The Labute approximate surface area is 112 Å². The second-order valence-electron chi connectivity index (χ2n) is 4.60. The molecular formula is C14H30O4. The van der Waals surface area contributed by atoms with Crippen molar-refractivity contribution in [3.8, 4) is 0 Å². The summed E-state index contributed by atoms with van der Waals surface area (Å²) in [5.74, 6) is 0.762. The largest absolute Gasteiger partial charge is 0.394 e. The fraction of sp³-hybridized carbons (Fsp3) is 1.00. The van der Waals surface area contributed by atoms with Gasteiger partial charge in [0, 0.05) is 6.61 Å². The molecule has 0 heterocycles. The third-order valence-corrected chi connectivity index (χ3v) is 2.79. The van der Waals surface area contributed by atoms with Gasteiger partial charge in [-0.15, -0.1) is 0 Å². The van der Waals surface area contributed by atoms with E-state index in [2.05, 4.69) is 13.8 Å². The van der Waals surface area contributed by atoms with Crippen molar-refractivity contribution in [1.29, 1.82) is 0 Å². The summed E-state index contributed by atoms with van der Waals surface area (Å²) in [7, 11) is 0. The molecule has 0 aliphatic heterocycles. The topological polar surface area (TPSA) is 47.9 Å². The van der Waals surface area contributed by atoms with Crippen LogP contribution in [0.4, 0.5) is 0 Å². The molecule has 0 radical (unpaired) electrons. The van der Waals surface area contributed by atoms with Crippen LogP contribution in [-0.4, -0.2) is 51.4 Å². The van der Waals surface area contributed by atoms with E-state index < -0.39 is 0 Å². The maximum Gasteiger partial charge on any atom is 0.0701 e. The van der Waals surface area contributed by atoms with E-state index in [0.29, 0.717) is 33.0 Å². The van der Waals surface area contributed by atoms with E-state index in [9.17, 15) is 0 Å². The molecule has 1 N–H and O–H groups in total. The first-order valence-corrected chi connectivity index (χ1v) is 7.15. The molecule has 0 aliphatic rings. The van der Waals surface area contributed by atoms with Gasteiger partial charge < -0.3 is 19.3 Å². The van der Waals surface area contributed by atoms with Crippen LogP contribution in [-0.2, 0) is 14.2 Å². The van der Waals surface area contributed by atoms with Crippen LogP contribution in [0, 0.1) is 5.92 Å². The van der Waals surface area contributed by atoms with Gasteiger partial charge >= 0.3 is 0 Å². The molecule has 0 aliphatic carbocycles. The van der Waals surface area contributed by atoms with Crippen LogP contribution in [0.3, 0.4) is 0 Å². The van der Waals surface area contributed by atoms with Gasteiger partial charge in [0.15, 0.2) is 0 Å². The molecule has 0 spiro atoms. The minimum Gasteiger partial charge on any atom is -0.394 e. The van der Waals surface area contributed by atoms with E-state index in [1.54, 1.807) is 0 Å². The zero-order chi connectivity index (χ0) is 13.5. The normalized spacial score (nSPS) is 12.8. The van der Waals surface area contributed by atoms with E-state index in [1.807, 2.05) is 0 Å². The lowest BCUT2D eigenvalue weighted by Gasteiger charge is -2.11. The number of ether oxygens (including phenoxy) is 3. The summed E-state index contributed by atoms with van der Waals surface area (Å²) < 4.78 is 15.9. The lowest BCUT2D eigenvalue weighted by molar-refractivity contribution is 0.00602. The molecular weight excluding hydrogens is 232 g/mol. The average Bonchev–Trinajstić information content (AvgIpc) is 2.38. The lowest BCUT2D eigenvalue weighted by Crippen LogP contribution is -2.11. The van der Waals surface area contributed by atoms with Crippen molar-refractivity contribution in [3.63, 3.8) is 0 Å². The van der Waals surface area contributed by atoms with Crippen LogP contribution >= 0.6 is 0 Å². The fourth-order valence-electron chi connectivity index (χ4n) is 1.59. The predicted octanol–water partition coefficient (Wildman–Crippen LogP) is 2.24. The van der Waals surface area contributed by atoms with Crippen LogP contribution < -0.4 is 0 Å². The number of hydrogen-bond acceptors (Lipinski definition) is 4. The van der Waals surface area contributed by atoms with Crippen LogP contribution in [0.2, 0.25) is 0 Å². The highest BCUT2D eigenvalue weighted by molar-refractivity contribution is 4.52. The van der Waals surface area contributed by atoms with Crippen LogP contribution in [0.15, 0.2) is 0 Å². The molecule has 0 aromatic heterocycles. The summed E-state index contributed by atoms with van der Waals surface area (Å²) in [5, 5.41) is 8.48. The van der Waals surface area contributed by atoms with E-state index in [1.165, 1.54) is 19.3 Å². The van der Waals surface area contributed by atoms with Gasteiger partial charge in [0.25, 0.3) is 0 Å². The van der Waals surface area contributed by atoms with E-state index in [4.69, 9.17) is 19.3 Å². The average molecular weight is 262 g/mol. The van der Waals surface area contributed by atoms with Crippen LogP contribution in [0.25, 0.3) is 0 Å². The SMILES string of the molecule is CCCCC(C)CCOCCOCCOCCO. The Morgan fingerprint density at radius 2 is 1.39 bits per heavy atom. The zero-order valence-corrected chi connectivity index (χ0v) is 12.0. The molecule has 0 saturated heterocycles. The second kappa shape index (κ2) is 14.9. The van der Waals surface area contributed by atoms with E-state index in [0.717, 1.165) is 18.9 Å². The molecule has 110 valence electrons. The van der Waals surface area contributed by atoms with Crippen molar-refractivity contribution in [2.75, 3.05) is 46.2 Å². The number of rotatable bonds is 14. The number of unbranched alkanes of at least 4 members (excludes halogenated alkanes) is 1. The number of aliphatic hydroxyl groups excluding tert-OH is 1. The van der Waals surface area contributed by atoms with Crippen molar-refractivity contribution in [3.05, 3.63) is 0 Å². The predicted molar refractivity (Wildman–Crippen MR) is 72.8 cm³/mol. The minimum absolute atomic E-state index is 0.0688. The van der Waals surface area contributed by atoms with Gasteiger partial charge in [0.05, 0.1) is 39.6 Å². The first-order valence-electron chi connectivity index (χ1n) is 7.15. The molecule has 0 saturated carbocycles. The maximum atomic E-state index is 8.48. The first kappa shape index (κ1) is 17.8. The maximum absolute atomic E-state index is 8.48. The van der Waals surface area contributed by atoms with Gasteiger partial charge in [-0.05, 0) is 12.3 Å². The monoisotopic (exact) mass is 262 g/mol. The van der Waals surface area contributed by atoms with Crippen molar-refractivity contribution in [2.24, 2.45) is 5.92 Å². The molecule has 0 amide bonds. The lowest BCUT2D eigenvalue weighted by atomic mass is 10.0. The molecule has 18 heavy (non-hydrogen) atoms. The molecule has 0 aromatic rings. The highest BCUT2D eigenvalue weighted by Gasteiger charge is 2.00. The quantitative estimate of drug-likeness (QED) is 0.488. The third-order valence-electron chi connectivity index (χ3n) is 2.79. The summed E-state index contributed by atoms with van der Waals surface area (Å²) in [6.45, 7) is 8.17. The van der Waals surface area contributed by atoms with E-state index in [-0.39, 0.29) is 6.61 Å². The molecule has 0 fully saturated rings. The fourth-order valence-corrected chi connectivity index (χ4v) is 1.59. The van der Waals surface area contributed by atoms with Crippen molar-refractivity contribution in [1.82, 2.24) is 0 Å². The third kappa shape index (κ3) is 13.9. The molecule has 4 heteroatoms. The summed E-state index contributed by atoms with van der Waals surface area (Å²) in [4.78, 5) is 0. The Hall–Kier alpha value is -0.160. The molecule has 0 bridgehead atoms. The van der Waals surface area contributed by atoms with Gasteiger partial charge in [-0.25, -0.2) is 0 Å². The molecule has 0 rings (SSSR count). The van der Waals surface area contributed by atoms with Gasteiger partial charge in [-0.2, -0.15) is 0 Å². The summed E-state index contributed by atoms with van der Waals surface area (Å²) in [6, 6.07) is 0. The standard InChI is InChI=1S/C14H30O4/c1-3-4-5-14(2)6-8-16-10-12-18-13-11-17-9-7-15/h14-15H,3-13H2,1-2H3. The Morgan fingerprint density at radius 1 is 0.833 bits per heavy atom. The molecule has 1 unspecified atom stereocenters. The van der Waals surface area contributed by atoms with Crippen molar-refractivity contribution >= 4 is 0 Å². The van der Waals surface area contributed by atoms with Crippen molar-refractivity contribution < 1.29 is 19.3 Å². The van der Waals surface area contributed by atoms with Gasteiger partial charge in [0.1, 0.15) is 0 Å². The summed E-state index contributed by atoms with van der Waals surface area (Å²) >= 11 is 0. The molecule has 1 atom stereocenters. The van der Waals surface area contributed by atoms with Gasteiger partial charge in [-0.1, -0.05) is 33.1 Å². The summed E-state index contributed by atoms with van der Waals surface area (Å²) in [6.07, 6.45) is 5.04. The van der Waals surface area contributed by atoms with Gasteiger partial charge in [-0.3, -0.25) is 0 Å². The molecule has 0 aromatic carbocycles. The smallest absolute Gasteiger partial charge is 0.0701 e. The Balaban J connectivity index is 3.02. The highest BCUT2D eigenvalue weighted by atomic mass is 16.5. The zero-order valence-electron chi connectivity index (χ0n) is 12.0. The Kier molecular flexibility index (Phi) is 14.8. The highest BCUT2D eigenvalue weighted by Crippen LogP contribution is 2.11. The van der Waals surface area contributed by atoms with Crippen LogP contribution in [0.1, 0.15) is 39.5 Å². The van der Waals surface area contributed by atoms with Gasteiger partial charge in [0.2, 0.25) is 0 Å². The van der Waals surface area contributed by atoms with Crippen molar-refractivity contribution in [2.45, 2.75) is 39.5 Å². The van der Waals surface area contributed by atoms with Crippen LogP contribution in [0.5, 0.6) is 0 Å². The number of hydrogen-bond donors (Lipinski definition) is 1. The minimum atomic E-state index is 0.0688. The first-order chi connectivity index (χ1) is 8.81. The number of aliphatic hydroxyl groups is 1. The Morgan fingerprint density at radius 3 is 1.94 bits per heavy atom. The summed E-state index contributed by atoms with van der Waals surface area (Å²) in [5.41, 5.74) is 0.